The van der Waals surface area contributed by atoms with Crippen molar-refractivity contribution in [3.05, 3.63) is 12.3 Å². The number of nitrogens with zero attached hydrogens (tertiary/aromatic N) is 2. The number of aromatic nitrogens is 2. The van der Waals surface area contributed by atoms with Crippen LogP contribution in [-0.4, -0.2) is 21.9 Å². The molecule has 0 unspecified atom stereocenters. The molecule has 0 aliphatic rings. The Kier molecular flexibility index (Phi) is 3.01. The maximum absolute atomic E-state index is 11.9. The van der Waals surface area contributed by atoms with E-state index in [1.807, 2.05) is 13.8 Å². The highest BCUT2D eigenvalue weighted by molar-refractivity contribution is 5.94. The third-order valence-electron chi connectivity index (χ3n) is 1.64. The Bertz CT molecular complexity index is 356. The number of carbonyl (C=O) groups is 1. The van der Waals surface area contributed by atoms with Crippen LogP contribution in [0.5, 0.6) is 0 Å². The first-order valence-electron chi connectivity index (χ1n) is 4.24. The highest BCUT2D eigenvalue weighted by Crippen LogP contribution is 2.17. The highest BCUT2D eigenvalue weighted by Gasteiger charge is 2.39. The number of alkyl halides is 3. The van der Waals surface area contributed by atoms with Gasteiger partial charge in [0.05, 0.1) is 0 Å². The van der Waals surface area contributed by atoms with Crippen LogP contribution >= 0.6 is 0 Å². The number of nitrogens with one attached hydrogen (secondary N) is 1. The predicted octanol–water partition coefficient (Wildman–Crippen LogP) is 1.96. The van der Waals surface area contributed by atoms with E-state index in [2.05, 4.69) is 5.10 Å². The lowest BCUT2D eigenvalue weighted by Crippen LogP contribution is -2.30. The van der Waals surface area contributed by atoms with E-state index in [0.717, 1.165) is 0 Å². The number of carbonyl (C=O) groups excluding carboxylic acids is 1. The van der Waals surface area contributed by atoms with Crippen molar-refractivity contribution in [2.75, 3.05) is 5.32 Å². The van der Waals surface area contributed by atoms with Crippen molar-refractivity contribution in [2.45, 2.75) is 26.1 Å². The van der Waals surface area contributed by atoms with Gasteiger partial charge in [-0.15, -0.1) is 0 Å². The van der Waals surface area contributed by atoms with E-state index >= 15 is 0 Å². The number of halogens is 3. The molecule has 0 radical (unpaired) electrons. The van der Waals surface area contributed by atoms with Gasteiger partial charge in [-0.25, -0.2) is 0 Å². The Labute approximate surface area is 84.1 Å². The van der Waals surface area contributed by atoms with Crippen LogP contribution in [0.3, 0.4) is 0 Å². The fourth-order valence-corrected chi connectivity index (χ4v) is 0.879. The SMILES string of the molecule is CC(C)n1ccc(NC(=O)C(F)(F)F)n1. The minimum atomic E-state index is -4.89. The molecule has 1 rings (SSSR count). The molecule has 0 saturated heterocycles. The topological polar surface area (TPSA) is 46.9 Å². The standard InChI is InChI=1S/C8H10F3N3O/c1-5(2)14-4-3-6(13-14)12-7(15)8(9,10)11/h3-5H,1-2H3,(H,12,13,15). The molecule has 0 bridgehead atoms. The van der Waals surface area contributed by atoms with Gasteiger partial charge in [0, 0.05) is 18.3 Å². The number of anilines is 1. The molecule has 1 amide bonds. The third kappa shape index (κ3) is 2.97. The van der Waals surface area contributed by atoms with Gasteiger partial charge in [0.1, 0.15) is 0 Å². The first-order valence-corrected chi connectivity index (χ1v) is 4.24. The summed E-state index contributed by atoms with van der Waals surface area (Å²) in [6.07, 6.45) is -3.39. The van der Waals surface area contributed by atoms with E-state index in [0.29, 0.717) is 0 Å². The van der Waals surface area contributed by atoms with Gasteiger partial charge in [-0.3, -0.25) is 9.48 Å². The van der Waals surface area contributed by atoms with Crippen LogP contribution in [0.2, 0.25) is 0 Å². The lowest BCUT2D eigenvalue weighted by molar-refractivity contribution is -0.167. The number of hydrogen-bond acceptors (Lipinski definition) is 2. The van der Waals surface area contributed by atoms with Crippen molar-refractivity contribution in [2.24, 2.45) is 0 Å². The zero-order valence-corrected chi connectivity index (χ0v) is 8.17. The molecule has 0 saturated carbocycles. The Morgan fingerprint density at radius 3 is 2.53 bits per heavy atom. The predicted molar refractivity (Wildman–Crippen MR) is 47.3 cm³/mol. The molecule has 4 nitrogen and oxygen atoms in total. The summed E-state index contributed by atoms with van der Waals surface area (Å²) in [5.41, 5.74) is 0. The van der Waals surface area contributed by atoms with Crippen molar-refractivity contribution >= 4 is 11.7 Å². The average Bonchev–Trinajstić information content (AvgIpc) is 2.50. The average molecular weight is 221 g/mol. The number of amides is 1. The molecule has 84 valence electrons. The van der Waals surface area contributed by atoms with Gasteiger partial charge in [-0.05, 0) is 13.8 Å². The van der Waals surface area contributed by atoms with Crippen molar-refractivity contribution in [1.82, 2.24) is 9.78 Å². The molecule has 15 heavy (non-hydrogen) atoms. The molecule has 0 aliphatic carbocycles. The van der Waals surface area contributed by atoms with Gasteiger partial charge in [-0.1, -0.05) is 0 Å². The summed E-state index contributed by atoms with van der Waals surface area (Å²) >= 11 is 0. The van der Waals surface area contributed by atoms with E-state index in [-0.39, 0.29) is 11.9 Å². The van der Waals surface area contributed by atoms with Crippen molar-refractivity contribution in [3.63, 3.8) is 0 Å². The van der Waals surface area contributed by atoms with Crippen LogP contribution in [0.1, 0.15) is 19.9 Å². The molecular formula is C8H10F3N3O. The Hall–Kier alpha value is -1.53. The van der Waals surface area contributed by atoms with Gasteiger partial charge in [0.15, 0.2) is 5.82 Å². The molecule has 1 heterocycles. The van der Waals surface area contributed by atoms with Gasteiger partial charge in [0.2, 0.25) is 0 Å². The van der Waals surface area contributed by atoms with Gasteiger partial charge in [0.25, 0.3) is 0 Å². The second kappa shape index (κ2) is 3.92. The molecule has 0 atom stereocenters. The molecular weight excluding hydrogens is 211 g/mol. The summed E-state index contributed by atoms with van der Waals surface area (Å²) in [7, 11) is 0. The summed E-state index contributed by atoms with van der Waals surface area (Å²) < 4.78 is 37.0. The largest absolute Gasteiger partial charge is 0.471 e. The highest BCUT2D eigenvalue weighted by atomic mass is 19.4. The second-order valence-corrected chi connectivity index (χ2v) is 3.23. The van der Waals surface area contributed by atoms with E-state index in [1.165, 1.54) is 16.9 Å². The molecule has 1 N–H and O–H groups in total. The van der Waals surface area contributed by atoms with Crippen LogP contribution < -0.4 is 5.32 Å². The Balaban J connectivity index is 2.70. The first kappa shape index (κ1) is 11.5. The normalized spacial score (nSPS) is 11.9. The Morgan fingerprint density at radius 2 is 2.13 bits per heavy atom. The quantitative estimate of drug-likeness (QED) is 0.829. The molecule has 1 aromatic rings. The van der Waals surface area contributed by atoms with E-state index in [1.54, 1.807) is 5.32 Å². The zero-order chi connectivity index (χ0) is 11.6. The fraction of sp³-hybridized carbons (Fsp3) is 0.500. The molecule has 1 aromatic heterocycles. The molecule has 0 aliphatic heterocycles. The minimum Gasteiger partial charge on any atom is -0.301 e. The minimum absolute atomic E-state index is 0.0292. The Morgan fingerprint density at radius 1 is 1.53 bits per heavy atom. The smallest absolute Gasteiger partial charge is 0.301 e. The monoisotopic (exact) mass is 221 g/mol. The maximum Gasteiger partial charge on any atom is 0.471 e. The number of hydrogen-bond donors (Lipinski definition) is 1. The summed E-state index contributed by atoms with van der Waals surface area (Å²) in [6.45, 7) is 3.64. The zero-order valence-electron chi connectivity index (χ0n) is 8.17. The molecule has 0 spiro atoms. The summed E-state index contributed by atoms with van der Waals surface area (Å²) in [6, 6.07) is 1.34. The van der Waals surface area contributed by atoms with Gasteiger partial charge >= 0.3 is 12.1 Å². The van der Waals surface area contributed by atoms with E-state index in [9.17, 15) is 18.0 Å². The van der Waals surface area contributed by atoms with Crippen molar-refractivity contribution in [3.8, 4) is 0 Å². The maximum atomic E-state index is 11.9. The lowest BCUT2D eigenvalue weighted by Gasteiger charge is -2.06. The van der Waals surface area contributed by atoms with Crippen LogP contribution in [0.4, 0.5) is 19.0 Å². The van der Waals surface area contributed by atoms with Crippen molar-refractivity contribution < 1.29 is 18.0 Å². The summed E-state index contributed by atoms with van der Waals surface area (Å²) in [5, 5.41) is 5.41. The summed E-state index contributed by atoms with van der Waals surface area (Å²) in [4.78, 5) is 10.5. The van der Waals surface area contributed by atoms with Crippen LogP contribution in [0.15, 0.2) is 12.3 Å². The lowest BCUT2D eigenvalue weighted by atomic mass is 10.4. The molecule has 0 aromatic carbocycles. The fourth-order valence-electron chi connectivity index (χ4n) is 0.879. The number of rotatable bonds is 2. The van der Waals surface area contributed by atoms with Gasteiger partial charge in [-0.2, -0.15) is 18.3 Å². The molecule has 7 heteroatoms. The van der Waals surface area contributed by atoms with Crippen LogP contribution in [-0.2, 0) is 4.79 Å². The van der Waals surface area contributed by atoms with Gasteiger partial charge < -0.3 is 5.32 Å². The van der Waals surface area contributed by atoms with Crippen LogP contribution in [0.25, 0.3) is 0 Å². The van der Waals surface area contributed by atoms with Crippen LogP contribution in [0, 0.1) is 0 Å². The second-order valence-electron chi connectivity index (χ2n) is 3.23. The van der Waals surface area contributed by atoms with Crippen molar-refractivity contribution in [1.29, 1.82) is 0 Å². The molecule has 0 fully saturated rings. The van der Waals surface area contributed by atoms with E-state index < -0.39 is 12.1 Å². The third-order valence-corrected chi connectivity index (χ3v) is 1.64. The first-order chi connectivity index (χ1) is 6.80. The van der Waals surface area contributed by atoms with E-state index in [4.69, 9.17) is 0 Å². The summed E-state index contributed by atoms with van der Waals surface area (Å²) in [5.74, 6) is -2.12.